The van der Waals surface area contributed by atoms with Crippen LogP contribution >= 0.6 is 0 Å². The van der Waals surface area contributed by atoms with Crippen LogP contribution in [0.25, 0.3) is 0 Å². The number of piperidine rings is 1. The molecule has 1 saturated heterocycles. The van der Waals surface area contributed by atoms with Gasteiger partial charge in [-0.25, -0.2) is 8.42 Å². The summed E-state index contributed by atoms with van der Waals surface area (Å²) < 4.78 is 31.9. The Balaban J connectivity index is 1.77. The lowest BCUT2D eigenvalue weighted by Gasteiger charge is -2.36. The maximum atomic E-state index is 12.6. The van der Waals surface area contributed by atoms with Gasteiger partial charge in [-0.1, -0.05) is 12.1 Å². The van der Waals surface area contributed by atoms with Gasteiger partial charge in [-0.3, -0.25) is 4.98 Å². The van der Waals surface area contributed by atoms with Crippen LogP contribution in [0.1, 0.15) is 31.5 Å². The fourth-order valence-electron chi connectivity index (χ4n) is 2.62. The molecule has 3 heterocycles. The van der Waals surface area contributed by atoms with Gasteiger partial charge in [0.1, 0.15) is 4.90 Å². The van der Waals surface area contributed by atoms with Crippen LogP contribution in [0.2, 0.25) is 0 Å². The predicted molar refractivity (Wildman–Crippen MR) is 78.6 cm³/mol. The van der Waals surface area contributed by atoms with E-state index in [9.17, 15) is 8.42 Å². The molecule has 1 aliphatic heterocycles. The molecule has 2 aromatic rings. The third kappa shape index (κ3) is 2.64. The Bertz CT molecular complexity index is 749. The minimum atomic E-state index is -3.49. The lowest BCUT2D eigenvalue weighted by atomic mass is 9.81. The van der Waals surface area contributed by atoms with Crippen molar-refractivity contribution in [1.82, 2.24) is 19.4 Å². The highest BCUT2D eigenvalue weighted by atomic mass is 32.2. The van der Waals surface area contributed by atoms with Crippen molar-refractivity contribution in [3.8, 4) is 0 Å². The van der Waals surface area contributed by atoms with E-state index in [0.29, 0.717) is 37.6 Å². The molecular weight excluding hydrogens is 304 g/mol. The molecule has 1 aliphatic rings. The summed E-state index contributed by atoms with van der Waals surface area (Å²) in [6.07, 6.45) is 4.23. The average molecular weight is 322 g/mol. The summed E-state index contributed by atoms with van der Waals surface area (Å²) in [5.74, 6) is 1.19. The Morgan fingerprint density at radius 3 is 2.59 bits per heavy atom. The van der Waals surface area contributed by atoms with Crippen LogP contribution < -0.4 is 0 Å². The van der Waals surface area contributed by atoms with Gasteiger partial charge in [0.15, 0.2) is 5.82 Å². The molecule has 0 bridgehead atoms. The first-order valence-electron chi connectivity index (χ1n) is 7.13. The molecule has 22 heavy (non-hydrogen) atoms. The van der Waals surface area contributed by atoms with Gasteiger partial charge in [-0.05, 0) is 31.9 Å². The summed E-state index contributed by atoms with van der Waals surface area (Å²) >= 11 is 0. The SMILES string of the molecule is Cc1noc(C2(C)CCN(S(=O)(=O)c3cccnc3)CC2)n1. The quantitative estimate of drug-likeness (QED) is 0.851. The van der Waals surface area contributed by atoms with Gasteiger partial charge in [0.25, 0.3) is 0 Å². The Labute approximate surface area is 129 Å². The monoisotopic (exact) mass is 322 g/mol. The van der Waals surface area contributed by atoms with Crippen LogP contribution in [0, 0.1) is 6.92 Å². The van der Waals surface area contributed by atoms with Crippen LogP contribution in [0.3, 0.4) is 0 Å². The molecule has 0 aliphatic carbocycles. The fourth-order valence-corrected chi connectivity index (χ4v) is 4.03. The zero-order valence-corrected chi connectivity index (χ0v) is 13.4. The highest BCUT2D eigenvalue weighted by Crippen LogP contribution is 2.35. The average Bonchev–Trinajstić information content (AvgIpc) is 2.96. The van der Waals surface area contributed by atoms with E-state index in [1.54, 1.807) is 25.3 Å². The molecule has 0 unspecified atom stereocenters. The minimum absolute atomic E-state index is 0.229. The maximum absolute atomic E-state index is 12.6. The fraction of sp³-hybridized carbons (Fsp3) is 0.500. The first-order valence-corrected chi connectivity index (χ1v) is 8.57. The van der Waals surface area contributed by atoms with Gasteiger partial charge in [-0.15, -0.1) is 0 Å². The van der Waals surface area contributed by atoms with Gasteiger partial charge < -0.3 is 4.52 Å². The van der Waals surface area contributed by atoms with Gasteiger partial charge in [0, 0.05) is 30.9 Å². The lowest BCUT2D eigenvalue weighted by Crippen LogP contribution is -2.44. The second-order valence-corrected chi connectivity index (χ2v) is 7.74. The van der Waals surface area contributed by atoms with E-state index in [0.717, 1.165) is 0 Å². The molecule has 0 radical (unpaired) electrons. The third-order valence-electron chi connectivity index (χ3n) is 4.14. The van der Waals surface area contributed by atoms with Crippen LogP contribution in [0.15, 0.2) is 33.9 Å². The number of aromatic nitrogens is 3. The zero-order valence-electron chi connectivity index (χ0n) is 12.6. The summed E-state index contributed by atoms with van der Waals surface area (Å²) in [5.41, 5.74) is -0.276. The molecular formula is C14H18N4O3S. The number of sulfonamides is 1. The lowest BCUT2D eigenvalue weighted by molar-refractivity contribution is 0.197. The Kier molecular flexibility index (Phi) is 3.73. The largest absolute Gasteiger partial charge is 0.339 e. The smallest absolute Gasteiger partial charge is 0.244 e. The van der Waals surface area contributed by atoms with Crippen LogP contribution in [0.4, 0.5) is 0 Å². The topological polar surface area (TPSA) is 89.2 Å². The summed E-state index contributed by atoms with van der Waals surface area (Å²) in [6, 6.07) is 3.19. The van der Waals surface area contributed by atoms with Crippen molar-refractivity contribution in [2.24, 2.45) is 0 Å². The maximum Gasteiger partial charge on any atom is 0.244 e. The van der Waals surface area contributed by atoms with Gasteiger partial charge in [0.05, 0.1) is 0 Å². The summed E-state index contributed by atoms with van der Waals surface area (Å²) in [5, 5.41) is 3.83. The highest BCUT2D eigenvalue weighted by molar-refractivity contribution is 7.89. The molecule has 3 rings (SSSR count). The van der Waals surface area contributed by atoms with Crippen molar-refractivity contribution in [2.45, 2.75) is 37.0 Å². The molecule has 0 aromatic carbocycles. The molecule has 0 saturated carbocycles. The van der Waals surface area contributed by atoms with Crippen molar-refractivity contribution in [2.75, 3.05) is 13.1 Å². The molecule has 0 atom stereocenters. The number of nitrogens with zero attached hydrogens (tertiary/aromatic N) is 4. The van der Waals surface area contributed by atoms with E-state index in [-0.39, 0.29) is 10.3 Å². The number of aryl methyl sites for hydroxylation is 1. The predicted octanol–water partition coefficient (Wildman–Crippen LogP) is 1.52. The molecule has 1 fully saturated rings. The minimum Gasteiger partial charge on any atom is -0.339 e. The molecule has 0 amide bonds. The molecule has 118 valence electrons. The molecule has 0 spiro atoms. The zero-order chi connectivity index (χ0) is 15.8. The highest BCUT2D eigenvalue weighted by Gasteiger charge is 2.40. The second-order valence-electron chi connectivity index (χ2n) is 5.80. The first kappa shape index (κ1) is 15.1. The van der Waals surface area contributed by atoms with E-state index >= 15 is 0 Å². The van der Waals surface area contributed by atoms with E-state index in [1.165, 1.54) is 10.5 Å². The molecule has 2 aromatic heterocycles. The van der Waals surface area contributed by atoms with Gasteiger partial charge in [-0.2, -0.15) is 9.29 Å². The van der Waals surface area contributed by atoms with Crippen molar-refractivity contribution >= 4 is 10.0 Å². The van der Waals surface area contributed by atoms with Crippen molar-refractivity contribution in [3.63, 3.8) is 0 Å². The number of pyridine rings is 1. The number of hydrogen-bond donors (Lipinski definition) is 0. The van der Waals surface area contributed by atoms with Crippen LogP contribution in [-0.2, 0) is 15.4 Å². The normalized spacial score (nSPS) is 19.2. The standard InChI is InChI=1S/C14H18N4O3S/c1-11-16-13(21-17-11)14(2)5-8-18(9-6-14)22(19,20)12-4-3-7-15-10-12/h3-4,7,10H,5-6,8-9H2,1-2H3. The van der Waals surface area contributed by atoms with Gasteiger partial charge >= 0.3 is 0 Å². The summed E-state index contributed by atoms with van der Waals surface area (Å²) in [7, 11) is -3.49. The molecule has 0 N–H and O–H groups in total. The summed E-state index contributed by atoms with van der Waals surface area (Å²) in [6.45, 7) is 4.66. The second kappa shape index (κ2) is 5.44. The van der Waals surface area contributed by atoms with Crippen LogP contribution in [-0.4, -0.2) is 40.9 Å². The van der Waals surface area contributed by atoms with E-state index < -0.39 is 10.0 Å². The molecule has 7 nitrogen and oxygen atoms in total. The Morgan fingerprint density at radius 1 is 1.32 bits per heavy atom. The van der Waals surface area contributed by atoms with E-state index in [2.05, 4.69) is 15.1 Å². The van der Waals surface area contributed by atoms with Crippen molar-refractivity contribution in [1.29, 1.82) is 0 Å². The first-order chi connectivity index (χ1) is 10.4. The van der Waals surface area contributed by atoms with Crippen molar-refractivity contribution in [3.05, 3.63) is 36.2 Å². The summed E-state index contributed by atoms with van der Waals surface area (Å²) in [4.78, 5) is 8.41. The number of rotatable bonds is 3. The van der Waals surface area contributed by atoms with Crippen LogP contribution in [0.5, 0.6) is 0 Å². The van der Waals surface area contributed by atoms with E-state index in [4.69, 9.17) is 4.52 Å². The van der Waals surface area contributed by atoms with E-state index in [1.807, 2.05) is 6.92 Å². The number of hydrogen-bond acceptors (Lipinski definition) is 6. The van der Waals surface area contributed by atoms with Gasteiger partial charge in [0.2, 0.25) is 15.9 Å². The Hall–Kier alpha value is -1.80. The Morgan fingerprint density at radius 2 is 2.05 bits per heavy atom. The van der Waals surface area contributed by atoms with Crippen molar-refractivity contribution < 1.29 is 12.9 Å². The third-order valence-corrected chi connectivity index (χ3v) is 6.02. The molecule has 8 heteroatoms.